The molecule has 1 aliphatic carbocycles. The first-order chi connectivity index (χ1) is 12.7. The van der Waals surface area contributed by atoms with E-state index in [4.69, 9.17) is 9.72 Å². The van der Waals surface area contributed by atoms with E-state index in [-0.39, 0.29) is 5.91 Å². The number of para-hydroxylation sites is 1. The minimum atomic E-state index is -0.434. The number of methoxy groups -OCH3 is 1. The largest absolute Gasteiger partial charge is 0.465 e. The summed E-state index contributed by atoms with van der Waals surface area (Å²) in [7, 11) is 1.33. The van der Waals surface area contributed by atoms with Gasteiger partial charge in [0.15, 0.2) is 0 Å². The van der Waals surface area contributed by atoms with E-state index in [1.165, 1.54) is 7.11 Å². The van der Waals surface area contributed by atoms with E-state index in [1.54, 1.807) is 24.3 Å². The van der Waals surface area contributed by atoms with Crippen LogP contribution in [-0.2, 0) is 17.6 Å². The van der Waals surface area contributed by atoms with Gasteiger partial charge in [0.1, 0.15) is 0 Å². The minimum Gasteiger partial charge on any atom is -0.465 e. The summed E-state index contributed by atoms with van der Waals surface area (Å²) in [5.74, 6) is -0.611. The highest BCUT2D eigenvalue weighted by Crippen LogP contribution is 2.30. The van der Waals surface area contributed by atoms with Crippen LogP contribution in [0.3, 0.4) is 0 Å². The molecule has 0 bridgehead atoms. The molecule has 1 aromatic heterocycles. The molecule has 130 valence electrons. The highest BCUT2D eigenvalue weighted by Gasteiger charge is 2.23. The number of carbonyl (C=O) groups excluding carboxylic acids is 2. The third kappa shape index (κ3) is 2.81. The molecule has 1 aliphatic rings. The number of anilines is 1. The number of aryl methyl sites for hydroxylation is 1. The number of hydrogen-bond acceptors (Lipinski definition) is 4. The molecule has 1 amide bonds. The van der Waals surface area contributed by atoms with Gasteiger partial charge in [0.2, 0.25) is 0 Å². The van der Waals surface area contributed by atoms with Crippen molar-refractivity contribution in [3.63, 3.8) is 0 Å². The van der Waals surface area contributed by atoms with E-state index in [1.807, 2.05) is 24.3 Å². The number of carbonyl (C=O) groups is 2. The van der Waals surface area contributed by atoms with Crippen molar-refractivity contribution in [3.05, 3.63) is 70.9 Å². The van der Waals surface area contributed by atoms with Crippen LogP contribution in [0.4, 0.5) is 5.69 Å². The zero-order chi connectivity index (χ0) is 18.1. The standard InChI is InChI=1S/C21H18N2O3/c1-26-21(25)13-6-4-7-14(12-13)22-20(24)19-15-8-2-3-10-17(15)23-18-11-5-9-16(18)19/h2-4,6-8,10,12H,5,9,11H2,1H3,(H,22,24). The highest BCUT2D eigenvalue weighted by molar-refractivity contribution is 6.14. The van der Waals surface area contributed by atoms with Crippen molar-refractivity contribution in [2.75, 3.05) is 12.4 Å². The van der Waals surface area contributed by atoms with Crippen LogP contribution in [0.1, 0.15) is 38.4 Å². The Morgan fingerprint density at radius 3 is 2.77 bits per heavy atom. The van der Waals surface area contributed by atoms with Crippen molar-refractivity contribution in [2.45, 2.75) is 19.3 Å². The summed E-state index contributed by atoms with van der Waals surface area (Å²) in [5.41, 5.74) is 4.52. The van der Waals surface area contributed by atoms with Gasteiger partial charge in [-0.25, -0.2) is 4.79 Å². The Bertz CT molecular complexity index is 1030. The Morgan fingerprint density at radius 2 is 1.92 bits per heavy atom. The van der Waals surface area contributed by atoms with Crippen molar-refractivity contribution in [1.82, 2.24) is 4.98 Å². The number of ether oxygens (including phenoxy) is 1. The van der Waals surface area contributed by atoms with Crippen LogP contribution in [0.5, 0.6) is 0 Å². The molecule has 0 fully saturated rings. The van der Waals surface area contributed by atoms with Crippen molar-refractivity contribution in [3.8, 4) is 0 Å². The predicted molar refractivity (Wildman–Crippen MR) is 99.5 cm³/mol. The quantitative estimate of drug-likeness (QED) is 0.733. The van der Waals surface area contributed by atoms with Crippen molar-refractivity contribution in [1.29, 1.82) is 0 Å². The van der Waals surface area contributed by atoms with Crippen molar-refractivity contribution < 1.29 is 14.3 Å². The zero-order valence-corrected chi connectivity index (χ0v) is 14.4. The van der Waals surface area contributed by atoms with Crippen LogP contribution in [-0.4, -0.2) is 24.0 Å². The van der Waals surface area contributed by atoms with E-state index in [9.17, 15) is 9.59 Å². The van der Waals surface area contributed by atoms with Crippen LogP contribution >= 0.6 is 0 Å². The average molecular weight is 346 g/mol. The number of nitrogens with one attached hydrogen (secondary N) is 1. The smallest absolute Gasteiger partial charge is 0.337 e. The Balaban J connectivity index is 1.75. The van der Waals surface area contributed by atoms with Crippen LogP contribution in [0.2, 0.25) is 0 Å². The first kappa shape index (κ1) is 16.3. The van der Waals surface area contributed by atoms with Gasteiger partial charge in [-0.15, -0.1) is 0 Å². The maximum absolute atomic E-state index is 13.1. The third-order valence-electron chi connectivity index (χ3n) is 4.69. The van der Waals surface area contributed by atoms with Gasteiger partial charge in [-0.1, -0.05) is 24.3 Å². The molecule has 1 heterocycles. The van der Waals surface area contributed by atoms with Gasteiger partial charge in [0.25, 0.3) is 5.91 Å². The number of fused-ring (bicyclic) bond motifs is 2. The molecule has 3 aromatic rings. The molecule has 0 atom stereocenters. The summed E-state index contributed by atoms with van der Waals surface area (Å²) >= 11 is 0. The lowest BCUT2D eigenvalue weighted by molar-refractivity contribution is 0.0600. The second kappa shape index (κ2) is 6.59. The van der Waals surface area contributed by atoms with E-state index in [0.29, 0.717) is 16.8 Å². The Kier molecular flexibility index (Phi) is 4.13. The SMILES string of the molecule is COC(=O)c1cccc(NC(=O)c2c3c(nc4ccccc24)CCC3)c1. The normalized spacial score (nSPS) is 12.7. The van der Waals surface area contributed by atoms with E-state index < -0.39 is 5.97 Å². The first-order valence-electron chi connectivity index (χ1n) is 8.57. The molecule has 0 unspecified atom stereocenters. The van der Waals surface area contributed by atoms with Gasteiger partial charge in [-0.3, -0.25) is 9.78 Å². The number of hydrogen-bond donors (Lipinski definition) is 1. The van der Waals surface area contributed by atoms with Gasteiger partial charge in [-0.05, 0) is 49.1 Å². The Hall–Kier alpha value is -3.21. The lowest BCUT2D eigenvalue weighted by atomic mass is 10.0. The Morgan fingerprint density at radius 1 is 1.08 bits per heavy atom. The number of rotatable bonds is 3. The summed E-state index contributed by atoms with van der Waals surface area (Å²) in [6.07, 6.45) is 2.77. The predicted octanol–water partition coefficient (Wildman–Crippen LogP) is 3.76. The van der Waals surface area contributed by atoms with E-state index in [2.05, 4.69) is 5.32 Å². The fourth-order valence-electron chi connectivity index (χ4n) is 3.51. The van der Waals surface area contributed by atoms with Gasteiger partial charge in [-0.2, -0.15) is 0 Å². The average Bonchev–Trinajstić information content (AvgIpc) is 3.13. The molecular formula is C21H18N2O3. The number of amides is 1. The topological polar surface area (TPSA) is 68.3 Å². The van der Waals surface area contributed by atoms with E-state index in [0.717, 1.165) is 41.4 Å². The van der Waals surface area contributed by atoms with Crippen LogP contribution in [0.25, 0.3) is 10.9 Å². The molecule has 2 aromatic carbocycles. The third-order valence-corrected chi connectivity index (χ3v) is 4.69. The van der Waals surface area contributed by atoms with Gasteiger partial charge in [0.05, 0.1) is 23.8 Å². The van der Waals surface area contributed by atoms with Crippen molar-refractivity contribution in [2.24, 2.45) is 0 Å². The number of nitrogens with zero attached hydrogens (tertiary/aromatic N) is 1. The maximum atomic E-state index is 13.1. The van der Waals surface area contributed by atoms with Crippen molar-refractivity contribution >= 4 is 28.5 Å². The second-order valence-corrected chi connectivity index (χ2v) is 6.31. The fraction of sp³-hybridized carbons (Fsp3) is 0.190. The molecule has 5 heteroatoms. The van der Waals surface area contributed by atoms with Gasteiger partial charge in [0, 0.05) is 16.8 Å². The molecule has 5 nitrogen and oxygen atoms in total. The second-order valence-electron chi connectivity index (χ2n) is 6.31. The summed E-state index contributed by atoms with van der Waals surface area (Å²) in [6, 6.07) is 14.5. The summed E-state index contributed by atoms with van der Waals surface area (Å²) < 4.78 is 4.74. The van der Waals surface area contributed by atoms with E-state index >= 15 is 0 Å². The molecule has 0 aliphatic heterocycles. The zero-order valence-electron chi connectivity index (χ0n) is 14.4. The summed E-state index contributed by atoms with van der Waals surface area (Å²) in [6.45, 7) is 0. The monoisotopic (exact) mass is 346 g/mol. The molecule has 0 saturated carbocycles. The Labute approximate surface area is 151 Å². The molecule has 1 N–H and O–H groups in total. The highest BCUT2D eigenvalue weighted by atomic mass is 16.5. The number of pyridine rings is 1. The lowest BCUT2D eigenvalue weighted by Gasteiger charge is -2.13. The maximum Gasteiger partial charge on any atom is 0.337 e. The van der Waals surface area contributed by atoms with Crippen LogP contribution < -0.4 is 5.32 Å². The van der Waals surface area contributed by atoms with Gasteiger partial charge < -0.3 is 10.1 Å². The molecule has 26 heavy (non-hydrogen) atoms. The lowest BCUT2D eigenvalue weighted by Crippen LogP contribution is -2.16. The summed E-state index contributed by atoms with van der Waals surface area (Å²) in [4.78, 5) is 29.5. The van der Waals surface area contributed by atoms with Crippen LogP contribution in [0.15, 0.2) is 48.5 Å². The molecular weight excluding hydrogens is 328 g/mol. The number of benzene rings is 2. The fourth-order valence-corrected chi connectivity index (χ4v) is 3.51. The molecule has 0 saturated heterocycles. The van der Waals surface area contributed by atoms with Gasteiger partial charge >= 0.3 is 5.97 Å². The molecule has 4 rings (SSSR count). The number of esters is 1. The minimum absolute atomic E-state index is 0.177. The molecule has 0 spiro atoms. The molecule has 0 radical (unpaired) electrons. The van der Waals surface area contributed by atoms with Crippen LogP contribution in [0, 0.1) is 0 Å². The number of aromatic nitrogens is 1. The first-order valence-corrected chi connectivity index (χ1v) is 8.57. The summed E-state index contributed by atoms with van der Waals surface area (Å²) in [5, 5.41) is 3.78.